The summed E-state index contributed by atoms with van der Waals surface area (Å²) in [6.07, 6.45) is 1.90. The number of benzene rings is 1. The topological polar surface area (TPSA) is 87.0 Å². The van der Waals surface area contributed by atoms with Crippen molar-refractivity contribution < 1.29 is 23.9 Å². The highest BCUT2D eigenvalue weighted by Gasteiger charge is 2.38. The highest BCUT2D eigenvalue weighted by molar-refractivity contribution is 6.15. The molecule has 0 bridgehead atoms. The summed E-state index contributed by atoms with van der Waals surface area (Å²) in [7, 11) is 0. The van der Waals surface area contributed by atoms with E-state index in [-0.39, 0.29) is 31.2 Å². The van der Waals surface area contributed by atoms with Crippen molar-refractivity contribution in [1.29, 1.82) is 0 Å². The second-order valence-electron chi connectivity index (χ2n) is 12.4. The Morgan fingerprint density at radius 3 is 2.24 bits per heavy atom. The van der Waals surface area contributed by atoms with Crippen LogP contribution >= 0.6 is 0 Å². The van der Waals surface area contributed by atoms with E-state index in [9.17, 15) is 14.4 Å². The molecule has 42 heavy (non-hydrogen) atoms. The van der Waals surface area contributed by atoms with Crippen LogP contribution in [-0.2, 0) is 22.6 Å². The summed E-state index contributed by atoms with van der Waals surface area (Å²) in [5, 5.41) is 0. The summed E-state index contributed by atoms with van der Waals surface area (Å²) in [5.74, 6) is -0.213. The van der Waals surface area contributed by atoms with Crippen LogP contribution in [0, 0.1) is 24.7 Å². The van der Waals surface area contributed by atoms with Crippen molar-refractivity contribution in [2.24, 2.45) is 10.8 Å². The molecule has 4 rings (SSSR count). The summed E-state index contributed by atoms with van der Waals surface area (Å²) in [6, 6.07) is 16.7. The Labute approximate surface area is 247 Å². The standard InChI is InChI=1S/C35H40N2O5/c1-9-41-33(40)35(7,8)20-27-29(32(39)34(4,5)6)28-19-26(42-21-25-12-10-11-23(3)36-25)17-18-37(28)30(27)31(38)24-15-13-22(2)14-16-24/h10-19H,9,20-21H2,1-8H3. The van der Waals surface area contributed by atoms with E-state index in [1.807, 2.05) is 65.0 Å². The highest BCUT2D eigenvalue weighted by atomic mass is 16.5. The molecule has 7 nitrogen and oxygen atoms in total. The number of carbonyl (C=O) groups is 3. The van der Waals surface area contributed by atoms with Crippen molar-refractivity contribution in [2.75, 3.05) is 6.61 Å². The van der Waals surface area contributed by atoms with Crippen LogP contribution in [0.4, 0.5) is 0 Å². The molecule has 0 fully saturated rings. The van der Waals surface area contributed by atoms with E-state index in [0.29, 0.717) is 33.7 Å². The predicted octanol–water partition coefficient (Wildman–Crippen LogP) is 7.12. The Bertz CT molecular complexity index is 1640. The van der Waals surface area contributed by atoms with Crippen LogP contribution < -0.4 is 4.74 Å². The molecule has 3 aromatic heterocycles. The lowest BCUT2D eigenvalue weighted by Crippen LogP contribution is -2.31. The maximum Gasteiger partial charge on any atom is 0.311 e. The zero-order chi connectivity index (χ0) is 30.8. The van der Waals surface area contributed by atoms with Crippen molar-refractivity contribution in [2.45, 2.75) is 68.4 Å². The molecule has 0 spiro atoms. The summed E-state index contributed by atoms with van der Waals surface area (Å²) >= 11 is 0. The molecular weight excluding hydrogens is 528 g/mol. The van der Waals surface area contributed by atoms with Gasteiger partial charge in [-0.05, 0) is 64.8 Å². The Morgan fingerprint density at radius 2 is 1.62 bits per heavy atom. The maximum absolute atomic E-state index is 14.2. The molecule has 0 aliphatic carbocycles. The first kappa shape index (κ1) is 30.7. The van der Waals surface area contributed by atoms with E-state index < -0.39 is 16.8 Å². The zero-order valence-corrected chi connectivity index (χ0v) is 25.8. The average Bonchev–Trinajstić information content (AvgIpc) is 3.23. The summed E-state index contributed by atoms with van der Waals surface area (Å²) in [5.41, 5.74) is 3.29. The normalized spacial score (nSPS) is 11.9. The molecule has 0 saturated heterocycles. The summed E-state index contributed by atoms with van der Waals surface area (Å²) in [4.78, 5) is 45.9. The number of ether oxygens (including phenoxy) is 2. The molecule has 0 aliphatic heterocycles. The van der Waals surface area contributed by atoms with Crippen molar-refractivity contribution in [3.8, 4) is 5.75 Å². The molecule has 0 aliphatic rings. The smallest absolute Gasteiger partial charge is 0.311 e. The zero-order valence-electron chi connectivity index (χ0n) is 25.8. The van der Waals surface area contributed by atoms with Crippen molar-refractivity contribution in [3.05, 3.63) is 100 Å². The predicted molar refractivity (Wildman–Crippen MR) is 163 cm³/mol. The van der Waals surface area contributed by atoms with Gasteiger partial charge in [0.1, 0.15) is 12.4 Å². The lowest BCUT2D eigenvalue weighted by molar-refractivity contribution is -0.153. The van der Waals surface area contributed by atoms with E-state index in [4.69, 9.17) is 9.47 Å². The first-order valence-corrected chi connectivity index (χ1v) is 14.3. The van der Waals surface area contributed by atoms with E-state index in [1.165, 1.54) is 0 Å². The number of fused-ring (bicyclic) bond motifs is 1. The van der Waals surface area contributed by atoms with E-state index in [1.54, 1.807) is 55.6 Å². The molecule has 1 aromatic carbocycles. The number of ketones is 2. The van der Waals surface area contributed by atoms with Crippen LogP contribution in [0.2, 0.25) is 0 Å². The van der Waals surface area contributed by atoms with E-state index >= 15 is 0 Å². The average molecular weight is 569 g/mol. The van der Waals surface area contributed by atoms with Gasteiger partial charge >= 0.3 is 5.97 Å². The van der Waals surface area contributed by atoms with Crippen molar-refractivity contribution in [3.63, 3.8) is 0 Å². The monoisotopic (exact) mass is 568 g/mol. The van der Waals surface area contributed by atoms with Gasteiger partial charge in [-0.25, -0.2) is 0 Å². The van der Waals surface area contributed by atoms with Crippen LogP contribution in [0.15, 0.2) is 60.8 Å². The van der Waals surface area contributed by atoms with Gasteiger partial charge in [0.05, 0.1) is 28.9 Å². The third-order valence-corrected chi connectivity index (χ3v) is 7.23. The second-order valence-corrected chi connectivity index (χ2v) is 12.4. The lowest BCUT2D eigenvalue weighted by Gasteiger charge is -2.24. The van der Waals surface area contributed by atoms with E-state index in [0.717, 1.165) is 17.0 Å². The van der Waals surface area contributed by atoms with Gasteiger partial charge in [0.2, 0.25) is 5.78 Å². The van der Waals surface area contributed by atoms with Crippen molar-refractivity contribution in [1.82, 2.24) is 9.38 Å². The third kappa shape index (κ3) is 6.46. The SMILES string of the molecule is CCOC(=O)C(C)(C)Cc1c(C(=O)C(C)(C)C)c2cc(OCc3cccc(C)n3)ccn2c1C(=O)c1ccc(C)cc1. The van der Waals surface area contributed by atoms with Gasteiger partial charge in [-0.2, -0.15) is 0 Å². The Morgan fingerprint density at radius 1 is 0.929 bits per heavy atom. The quantitative estimate of drug-likeness (QED) is 0.150. The fourth-order valence-electron chi connectivity index (χ4n) is 4.94. The lowest BCUT2D eigenvalue weighted by atomic mass is 9.79. The third-order valence-electron chi connectivity index (χ3n) is 7.23. The molecule has 3 heterocycles. The molecule has 0 atom stereocenters. The van der Waals surface area contributed by atoms with E-state index in [2.05, 4.69) is 4.98 Å². The van der Waals surface area contributed by atoms with Gasteiger partial charge in [0.25, 0.3) is 0 Å². The van der Waals surface area contributed by atoms with Crippen LogP contribution in [0.1, 0.15) is 90.5 Å². The molecule has 0 N–H and O–H groups in total. The Kier molecular flexibility index (Phi) is 8.71. The number of esters is 1. The molecule has 220 valence electrons. The van der Waals surface area contributed by atoms with Gasteiger partial charge in [0, 0.05) is 34.5 Å². The van der Waals surface area contributed by atoms with Gasteiger partial charge in [-0.1, -0.05) is 56.7 Å². The molecule has 0 amide bonds. The number of hydrogen-bond acceptors (Lipinski definition) is 6. The molecule has 7 heteroatoms. The Balaban J connectivity index is 1.95. The summed E-state index contributed by atoms with van der Waals surface area (Å²) < 4.78 is 13.2. The number of aromatic nitrogens is 2. The summed E-state index contributed by atoms with van der Waals surface area (Å²) in [6.45, 7) is 15.2. The van der Waals surface area contributed by atoms with Crippen LogP contribution in [0.3, 0.4) is 0 Å². The number of carbonyl (C=O) groups excluding carboxylic acids is 3. The molecule has 0 radical (unpaired) electrons. The minimum absolute atomic E-state index is 0.130. The minimum atomic E-state index is -0.994. The Hall–Kier alpha value is -4.26. The second kappa shape index (κ2) is 11.9. The molecule has 4 aromatic rings. The number of hydrogen-bond donors (Lipinski definition) is 0. The minimum Gasteiger partial charge on any atom is -0.487 e. The number of nitrogens with zero attached hydrogens (tertiary/aromatic N) is 2. The maximum atomic E-state index is 14.2. The van der Waals surface area contributed by atoms with Gasteiger partial charge < -0.3 is 13.9 Å². The number of rotatable bonds is 10. The fraction of sp³-hybridized carbons (Fsp3) is 0.371. The largest absolute Gasteiger partial charge is 0.487 e. The molecule has 0 saturated carbocycles. The van der Waals surface area contributed by atoms with Crippen LogP contribution in [0.5, 0.6) is 5.75 Å². The number of pyridine rings is 2. The fourth-order valence-corrected chi connectivity index (χ4v) is 4.94. The highest BCUT2D eigenvalue weighted by Crippen LogP contribution is 2.37. The first-order valence-electron chi connectivity index (χ1n) is 14.3. The van der Waals surface area contributed by atoms with Gasteiger partial charge in [0.15, 0.2) is 5.78 Å². The van der Waals surface area contributed by atoms with Gasteiger partial charge in [-0.3, -0.25) is 19.4 Å². The molecular formula is C35H40N2O5. The van der Waals surface area contributed by atoms with Gasteiger partial charge in [-0.15, -0.1) is 0 Å². The first-order chi connectivity index (χ1) is 19.7. The van der Waals surface area contributed by atoms with Crippen LogP contribution in [0.25, 0.3) is 5.52 Å². The van der Waals surface area contributed by atoms with Crippen LogP contribution in [-0.4, -0.2) is 33.5 Å². The number of aryl methyl sites for hydroxylation is 2. The van der Waals surface area contributed by atoms with Crippen molar-refractivity contribution >= 4 is 23.1 Å². The number of Topliss-reactive ketones (excluding diaryl/α,β-unsaturated/α-hetero) is 1. The molecule has 0 unspecified atom stereocenters.